The van der Waals surface area contributed by atoms with Gasteiger partial charge in [-0.05, 0) is 37.0 Å². The minimum Gasteiger partial charge on any atom is -0.455 e. The second kappa shape index (κ2) is 4.81. The molecule has 2 aliphatic rings. The molecule has 0 heterocycles. The Morgan fingerprint density at radius 3 is 2.61 bits per heavy atom. The van der Waals surface area contributed by atoms with Crippen molar-refractivity contribution in [2.45, 2.75) is 32.8 Å². The summed E-state index contributed by atoms with van der Waals surface area (Å²) >= 11 is 0. The maximum Gasteiger partial charge on any atom is 0.303 e. The summed E-state index contributed by atoms with van der Waals surface area (Å²) in [7, 11) is 0. The third-order valence-corrected chi connectivity index (χ3v) is 3.08. The van der Waals surface area contributed by atoms with Crippen molar-refractivity contribution in [3.8, 4) is 0 Å². The molecule has 2 aliphatic carbocycles. The third kappa shape index (κ3) is 2.70. The van der Waals surface area contributed by atoms with Gasteiger partial charge in [-0.15, -0.1) is 0 Å². The fraction of sp³-hybridized carbons (Fsp3) is 0.312. The van der Waals surface area contributed by atoms with Gasteiger partial charge in [-0.25, -0.2) is 0 Å². The van der Waals surface area contributed by atoms with E-state index in [4.69, 9.17) is 4.74 Å². The minimum atomic E-state index is -0.602. The van der Waals surface area contributed by atoms with Crippen molar-refractivity contribution in [1.29, 1.82) is 0 Å². The fourth-order valence-corrected chi connectivity index (χ4v) is 2.36. The summed E-state index contributed by atoms with van der Waals surface area (Å²) in [6, 6.07) is 0. The zero-order valence-corrected chi connectivity index (χ0v) is 11.1. The van der Waals surface area contributed by atoms with Gasteiger partial charge >= 0.3 is 5.97 Å². The Morgan fingerprint density at radius 2 is 1.89 bits per heavy atom. The molecule has 94 valence electrons. The van der Waals surface area contributed by atoms with Crippen LogP contribution in [0.5, 0.6) is 0 Å². The Labute approximate surface area is 108 Å². The molecule has 0 saturated carbocycles. The molecule has 0 atom stereocenters. The Morgan fingerprint density at radius 1 is 1.17 bits per heavy atom. The predicted octanol–water partition coefficient (Wildman–Crippen LogP) is 3.64. The van der Waals surface area contributed by atoms with Crippen LogP contribution < -0.4 is 0 Å². The average Bonchev–Trinajstić information content (AvgIpc) is 2.59. The molecular formula is C16H18O2. The number of rotatable bonds is 2. The Kier molecular flexibility index (Phi) is 3.37. The van der Waals surface area contributed by atoms with E-state index in [0.29, 0.717) is 0 Å². The first kappa shape index (κ1) is 12.6. The van der Waals surface area contributed by atoms with E-state index in [1.165, 1.54) is 18.1 Å². The van der Waals surface area contributed by atoms with Crippen molar-refractivity contribution in [1.82, 2.24) is 0 Å². The van der Waals surface area contributed by atoms with Crippen molar-refractivity contribution in [2.75, 3.05) is 0 Å². The number of ether oxygens (including phenoxy) is 1. The topological polar surface area (TPSA) is 26.3 Å². The van der Waals surface area contributed by atoms with Gasteiger partial charge in [-0.1, -0.05) is 42.5 Å². The Balaban J connectivity index is 2.39. The molecule has 0 aromatic carbocycles. The molecule has 0 radical (unpaired) electrons. The number of carbonyl (C=O) groups is 1. The zero-order chi connectivity index (χ0) is 13.2. The Bertz CT molecular complexity index is 511. The van der Waals surface area contributed by atoms with Crippen LogP contribution in [0, 0.1) is 0 Å². The monoisotopic (exact) mass is 242 g/mol. The number of fused-ring (bicyclic) bond motifs is 2. The first-order valence-corrected chi connectivity index (χ1v) is 6.14. The number of esters is 1. The van der Waals surface area contributed by atoms with Gasteiger partial charge in [0.05, 0.1) is 0 Å². The summed E-state index contributed by atoms with van der Waals surface area (Å²) in [6.07, 6.45) is 15.3. The van der Waals surface area contributed by atoms with E-state index >= 15 is 0 Å². The van der Waals surface area contributed by atoms with Crippen LogP contribution in [0.2, 0.25) is 0 Å². The summed E-state index contributed by atoms with van der Waals surface area (Å²) in [5.41, 5.74) is 2.92. The number of carbonyl (C=O) groups excluding carboxylic acids is 1. The van der Waals surface area contributed by atoms with Crippen LogP contribution >= 0.6 is 0 Å². The van der Waals surface area contributed by atoms with Gasteiger partial charge in [0.25, 0.3) is 0 Å². The summed E-state index contributed by atoms with van der Waals surface area (Å²) in [5, 5.41) is 0. The maximum absolute atomic E-state index is 11.2. The lowest BCUT2D eigenvalue weighted by molar-refractivity contribution is -0.150. The van der Waals surface area contributed by atoms with Crippen molar-refractivity contribution in [3.05, 3.63) is 59.3 Å². The van der Waals surface area contributed by atoms with E-state index < -0.39 is 5.60 Å². The fourth-order valence-electron chi connectivity index (χ4n) is 2.36. The molecule has 2 nitrogen and oxygen atoms in total. The lowest BCUT2D eigenvalue weighted by atomic mass is 9.88. The van der Waals surface area contributed by atoms with Gasteiger partial charge in [0.1, 0.15) is 5.60 Å². The van der Waals surface area contributed by atoms with Crippen LogP contribution in [-0.2, 0) is 9.53 Å². The van der Waals surface area contributed by atoms with Crippen molar-refractivity contribution < 1.29 is 9.53 Å². The highest BCUT2D eigenvalue weighted by molar-refractivity contribution is 5.67. The summed E-state index contributed by atoms with van der Waals surface area (Å²) < 4.78 is 5.44. The molecule has 0 aromatic heterocycles. The van der Waals surface area contributed by atoms with Gasteiger partial charge in [0.15, 0.2) is 0 Å². The van der Waals surface area contributed by atoms with Crippen LogP contribution in [0.25, 0.3) is 0 Å². The molecule has 0 fully saturated rings. The molecule has 18 heavy (non-hydrogen) atoms. The lowest BCUT2D eigenvalue weighted by Crippen LogP contribution is -2.30. The van der Waals surface area contributed by atoms with E-state index in [2.05, 4.69) is 18.2 Å². The molecule has 0 aromatic rings. The van der Waals surface area contributed by atoms with E-state index in [9.17, 15) is 4.79 Å². The molecule has 2 rings (SSSR count). The largest absolute Gasteiger partial charge is 0.455 e. The zero-order valence-electron chi connectivity index (χ0n) is 11.1. The van der Waals surface area contributed by atoms with Gasteiger partial charge in [-0.3, -0.25) is 4.79 Å². The second-order valence-corrected chi connectivity index (χ2v) is 5.04. The molecule has 0 aliphatic heterocycles. The van der Waals surface area contributed by atoms with E-state index in [1.807, 2.05) is 38.2 Å². The van der Waals surface area contributed by atoms with Crippen molar-refractivity contribution in [2.24, 2.45) is 0 Å². The van der Waals surface area contributed by atoms with E-state index in [-0.39, 0.29) is 5.97 Å². The standard InChI is InChI=1S/C16H18O2/c1-12(17)18-16(2,3)15-10-6-8-13-7-4-5-9-14(15)11-13/h4-10H,11H2,1-3H3. The first-order chi connectivity index (χ1) is 8.49. The van der Waals surface area contributed by atoms with Crippen LogP contribution in [0.4, 0.5) is 0 Å². The molecule has 0 unspecified atom stereocenters. The van der Waals surface area contributed by atoms with E-state index in [1.54, 1.807) is 0 Å². The molecule has 0 spiro atoms. The Hall–Kier alpha value is -1.83. The predicted molar refractivity (Wildman–Crippen MR) is 73.0 cm³/mol. The molecule has 2 heteroatoms. The molecule has 0 N–H and O–H groups in total. The second-order valence-electron chi connectivity index (χ2n) is 5.04. The number of hydrogen-bond acceptors (Lipinski definition) is 2. The molecule has 0 saturated heterocycles. The quantitative estimate of drug-likeness (QED) is 0.691. The van der Waals surface area contributed by atoms with Gasteiger partial charge < -0.3 is 4.74 Å². The third-order valence-electron chi connectivity index (χ3n) is 3.08. The van der Waals surface area contributed by atoms with Crippen LogP contribution in [0.15, 0.2) is 59.3 Å². The van der Waals surface area contributed by atoms with Crippen LogP contribution in [0.1, 0.15) is 27.2 Å². The normalized spacial score (nSPS) is 18.3. The molecular weight excluding hydrogens is 224 g/mol. The average molecular weight is 242 g/mol. The highest BCUT2D eigenvalue weighted by Gasteiger charge is 2.29. The van der Waals surface area contributed by atoms with E-state index in [0.717, 1.165) is 12.0 Å². The van der Waals surface area contributed by atoms with Crippen molar-refractivity contribution in [3.63, 3.8) is 0 Å². The number of allylic oxidation sites excluding steroid dienone is 8. The van der Waals surface area contributed by atoms with Crippen LogP contribution in [0.3, 0.4) is 0 Å². The summed E-state index contributed by atoms with van der Waals surface area (Å²) in [6.45, 7) is 5.30. The summed E-state index contributed by atoms with van der Waals surface area (Å²) in [5.74, 6) is -0.255. The smallest absolute Gasteiger partial charge is 0.303 e. The maximum atomic E-state index is 11.2. The number of hydrogen-bond donors (Lipinski definition) is 0. The SMILES string of the molecule is CC(=O)OC(C)(C)C1=CC=CC2=CC=CC=C1C2. The van der Waals surface area contributed by atoms with Gasteiger partial charge in [0, 0.05) is 6.92 Å². The van der Waals surface area contributed by atoms with Crippen molar-refractivity contribution >= 4 is 5.97 Å². The first-order valence-electron chi connectivity index (χ1n) is 6.14. The van der Waals surface area contributed by atoms with Gasteiger partial charge in [-0.2, -0.15) is 0 Å². The van der Waals surface area contributed by atoms with Gasteiger partial charge in [0.2, 0.25) is 0 Å². The highest BCUT2D eigenvalue weighted by atomic mass is 16.6. The minimum absolute atomic E-state index is 0.255. The highest BCUT2D eigenvalue weighted by Crippen LogP contribution is 2.34. The summed E-state index contributed by atoms with van der Waals surface area (Å²) in [4.78, 5) is 11.2. The molecule has 2 bridgehead atoms. The lowest BCUT2D eigenvalue weighted by Gasteiger charge is -2.29. The molecule has 0 amide bonds. The van der Waals surface area contributed by atoms with Crippen LogP contribution in [-0.4, -0.2) is 11.6 Å².